The fraction of sp³-hybridized carbons (Fsp3) is 0.550. The lowest BCUT2D eigenvalue weighted by Crippen LogP contribution is -2.52. The van der Waals surface area contributed by atoms with Gasteiger partial charge < -0.3 is 15.5 Å². The molecule has 8 nitrogen and oxygen atoms in total. The average Bonchev–Trinajstić information content (AvgIpc) is 2.66. The van der Waals surface area contributed by atoms with Crippen LogP contribution in [0.15, 0.2) is 18.2 Å². The third-order valence-electron chi connectivity index (χ3n) is 5.51. The van der Waals surface area contributed by atoms with Crippen LogP contribution < -0.4 is 20.9 Å². The number of rotatable bonds is 6. The van der Waals surface area contributed by atoms with Gasteiger partial charge in [0.1, 0.15) is 6.04 Å². The first-order valence-corrected chi connectivity index (χ1v) is 9.75. The minimum absolute atomic E-state index is 0.228. The van der Waals surface area contributed by atoms with E-state index in [0.29, 0.717) is 18.5 Å². The molecule has 28 heavy (non-hydrogen) atoms. The molecule has 1 unspecified atom stereocenters. The van der Waals surface area contributed by atoms with Crippen LogP contribution >= 0.6 is 0 Å². The van der Waals surface area contributed by atoms with Crippen molar-refractivity contribution in [2.24, 2.45) is 5.73 Å². The van der Waals surface area contributed by atoms with Crippen molar-refractivity contribution in [1.29, 1.82) is 0 Å². The highest BCUT2D eigenvalue weighted by Gasteiger charge is 2.33. The Bertz CT molecular complexity index is 743. The molecule has 3 rings (SSSR count). The zero-order valence-electron chi connectivity index (χ0n) is 16.6. The predicted molar refractivity (Wildman–Crippen MR) is 108 cm³/mol. The van der Waals surface area contributed by atoms with Gasteiger partial charge in [-0.25, -0.2) is 0 Å². The molecule has 2 aliphatic rings. The van der Waals surface area contributed by atoms with Crippen LogP contribution in [0.2, 0.25) is 0 Å². The Kier molecular flexibility index (Phi) is 6.31. The number of nitrogens with one attached hydrogen (secondary N) is 1. The van der Waals surface area contributed by atoms with E-state index in [4.69, 9.17) is 5.73 Å². The molecule has 3 N–H and O–H groups in total. The molecule has 0 bridgehead atoms. The first-order chi connectivity index (χ1) is 13.4. The molecule has 2 heterocycles. The number of amides is 3. The molecule has 0 radical (unpaired) electrons. The molecule has 1 aromatic rings. The normalized spacial score (nSPS) is 21.3. The van der Waals surface area contributed by atoms with E-state index >= 15 is 0 Å². The molecule has 152 valence electrons. The van der Waals surface area contributed by atoms with Crippen molar-refractivity contribution in [3.63, 3.8) is 0 Å². The van der Waals surface area contributed by atoms with Gasteiger partial charge in [-0.2, -0.15) is 0 Å². The standard InChI is InChI=1S/C20H29N5O3/c1-23(2)19-14(12-24-10-8-15(21)9-11-24)4-3-5-16(19)25(13-26)17-6-7-18(27)22-20(17)28/h3-5,13,15,17H,6-12,21H2,1-2H3,(H,22,27,28). The first-order valence-electron chi connectivity index (χ1n) is 9.75. The molecule has 8 heteroatoms. The summed E-state index contributed by atoms with van der Waals surface area (Å²) in [6.07, 6.45) is 3.20. The Hall–Kier alpha value is -2.45. The summed E-state index contributed by atoms with van der Waals surface area (Å²) in [6, 6.07) is 5.41. The van der Waals surface area contributed by atoms with Crippen LogP contribution in [0.1, 0.15) is 31.2 Å². The molecule has 2 fully saturated rings. The molecule has 0 aliphatic carbocycles. The van der Waals surface area contributed by atoms with Gasteiger partial charge in [-0.1, -0.05) is 12.1 Å². The topological polar surface area (TPSA) is 99.0 Å². The van der Waals surface area contributed by atoms with E-state index in [2.05, 4.69) is 16.3 Å². The van der Waals surface area contributed by atoms with Gasteiger partial charge in [-0.3, -0.25) is 24.6 Å². The molecule has 1 aromatic carbocycles. The number of likely N-dealkylation sites (tertiary alicyclic amines) is 1. The van der Waals surface area contributed by atoms with Gasteiger partial charge in [0.2, 0.25) is 18.2 Å². The third kappa shape index (κ3) is 4.34. The average molecular weight is 387 g/mol. The quantitative estimate of drug-likeness (QED) is 0.543. The Morgan fingerprint density at radius 2 is 1.93 bits per heavy atom. The maximum absolute atomic E-state index is 12.3. The third-order valence-corrected chi connectivity index (χ3v) is 5.51. The molecule has 0 saturated carbocycles. The summed E-state index contributed by atoms with van der Waals surface area (Å²) in [5.41, 5.74) is 8.70. The van der Waals surface area contributed by atoms with Crippen molar-refractivity contribution in [3.05, 3.63) is 23.8 Å². The van der Waals surface area contributed by atoms with Crippen molar-refractivity contribution < 1.29 is 14.4 Å². The summed E-state index contributed by atoms with van der Waals surface area (Å²) >= 11 is 0. The summed E-state index contributed by atoms with van der Waals surface area (Å²) < 4.78 is 0. The van der Waals surface area contributed by atoms with Crippen molar-refractivity contribution in [1.82, 2.24) is 10.2 Å². The van der Waals surface area contributed by atoms with E-state index in [9.17, 15) is 14.4 Å². The van der Waals surface area contributed by atoms with E-state index < -0.39 is 11.9 Å². The number of nitrogens with zero attached hydrogens (tertiary/aromatic N) is 3. The molecular weight excluding hydrogens is 358 g/mol. The molecule has 0 aromatic heterocycles. The number of hydrogen-bond donors (Lipinski definition) is 2. The number of nitrogens with two attached hydrogens (primary N) is 1. The zero-order chi connectivity index (χ0) is 20.3. The monoisotopic (exact) mass is 387 g/mol. The van der Waals surface area contributed by atoms with Gasteiger partial charge in [-0.05, 0) is 44.0 Å². The summed E-state index contributed by atoms with van der Waals surface area (Å²) in [5, 5.41) is 2.33. The lowest BCUT2D eigenvalue weighted by Gasteiger charge is -2.35. The molecule has 3 amide bonds. The maximum Gasteiger partial charge on any atom is 0.249 e. The van der Waals surface area contributed by atoms with Gasteiger partial charge in [0.25, 0.3) is 0 Å². The first kappa shape index (κ1) is 20.3. The van der Waals surface area contributed by atoms with Crippen LogP contribution in [0.25, 0.3) is 0 Å². The number of para-hydroxylation sites is 1. The van der Waals surface area contributed by atoms with Crippen molar-refractivity contribution >= 4 is 29.6 Å². The van der Waals surface area contributed by atoms with Crippen molar-refractivity contribution in [2.75, 3.05) is 37.0 Å². The van der Waals surface area contributed by atoms with Gasteiger partial charge in [0.15, 0.2) is 0 Å². The van der Waals surface area contributed by atoms with E-state index in [1.54, 1.807) is 0 Å². The second-order valence-electron chi connectivity index (χ2n) is 7.77. The van der Waals surface area contributed by atoms with Crippen molar-refractivity contribution in [2.45, 2.75) is 44.3 Å². The van der Waals surface area contributed by atoms with Gasteiger partial charge in [0, 0.05) is 33.1 Å². The van der Waals surface area contributed by atoms with Crippen LogP contribution in [0.5, 0.6) is 0 Å². The fourth-order valence-electron chi connectivity index (χ4n) is 4.03. The lowest BCUT2D eigenvalue weighted by molar-refractivity contribution is -0.134. The summed E-state index contributed by atoms with van der Waals surface area (Å²) in [4.78, 5) is 41.6. The Balaban J connectivity index is 1.90. The molecule has 2 saturated heterocycles. The second-order valence-corrected chi connectivity index (χ2v) is 7.77. The van der Waals surface area contributed by atoms with Crippen LogP contribution in [0.3, 0.4) is 0 Å². The SMILES string of the molecule is CN(C)c1c(CN2CCC(N)CC2)cccc1N(C=O)C1CCC(=O)NC1=O. The van der Waals surface area contributed by atoms with Crippen LogP contribution in [-0.4, -0.2) is 62.4 Å². The maximum atomic E-state index is 12.3. The highest BCUT2D eigenvalue weighted by molar-refractivity contribution is 6.04. The summed E-state index contributed by atoms with van der Waals surface area (Å²) in [6.45, 7) is 2.65. The zero-order valence-corrected chi connectivity index (χ0v) is 16.6. The Morgan fingerprint density at radius 1 is 1.21 bits per heavy atom. The summed E-state index contributed by atoms with van der Waals surface area (Å²) in [7, 11) is 3.86. The van der Waals surface area contributed by atoms with Crippen LogP contribution in [-0.2, 0) is 20.9 Å². The van der Waals surface area contributed by atoms with E-state index in [0.717, 1.165) is 43.7 Å². The highest BCUT2D eigenvalue weighted by atomic mass is 16.2. The lowest BCUT2D eigenvalue weighted by atomic mass is 10.0. The van der Waals surface area contributed by atoms with Crippen molar-refractivity contribution in [3.8, 4) is 0 Å². The largest absolute Gasteiger partial charge is 0.376 e. The number of benzene rings is 1. The molecule has 2 aliphatic heterocycles. The number of piperidine rings is 2. The molecule has 0 spiro atoms. The number of anilines is 2. The van der Waals surface area contributed by atoms with E-state index in [1.165, 1.54) is 4.90 Å². The van der Waals surface area contributed by atoms with Crippen LogP contribution in [0, 0.1) is 0 Å². The number of hydrogen-bond acceptors (Lipinski definition) is 6. The number of carbonyl (C=O) groups is 3. The van der Waals surface area contributed by atoms with E-state index in [1.807, 2.05) is 31.1 Å². The van der Waals surface area contributed by atoms with Gasteiger partial charge in [0.05, 0.1) is 11.4 Å². The second kappa shape index (κ2) is 8.70. The summed E-state index contributed by atoms with van der Waals surface area (Å²) in [5.74, 6) is -0.722. The van der Waals surface area contributed by atoms with Crippen LogP contribution in [0.4, 0.5) is 11.4 Å². The minimum Gasteiger partial charge on any atom is -0.376 e. The fourth-order valence-corrected chi connectivity index (χ4v) is 4.03. The highest BCUT2D eigenvalue weighted by Crippen LogP contribution is 2.34. The Morgan fingerprint density at radius 3 is 2.54 bits per heavy atom. The predicted octanol–water partition coefficient (Wildman–Crippen LogP) is 0.444. The smallest absolute Gasteiger partial charge is 0.249 e. The minimum atomic E-state index is -0.683. The Labute approximate surface area is 165 Å². The van der Waals surface area contributed by atoms with E-state index in [-0.39, 0.29) is 18.4 Å². The molecule has 1 atom stereocenters. The van der Waals surface area contributed by atoms with Gasteiger partial charge >= 0.3 is 0 Å². The molecular formula is C20H29N5O3. The van der Waals surface area contributed by atoms with Gasteiger partial charge in [-0.15, -0.1) is 0 Å². The number of imide groups is 1. The number of carbonyl (C=O) groups excluding carboxylic acids is 3.